The summed E-state index contributed by atoms with van der Waals surface area (Å²) in [4.78, 5) is 15.9. The smallest absolute Gasteiger partial charge is 0.283 e. The number of nitrogens with one attached hydrogen (secondary N) is 1. The zero-order valence-corrected chi connectivity index (χ0v) is 8.03. The van der Waals surface area contributed by atoms with Gasteiger partial charge in [-0.25, -0.2) is 14.5 Å². The van der Waals surface area contributed by atoms with Crippen molar-refractivity contribution in [3.63, 3.8) is 0 Å². The van der Waals surface area contributed by atoms with Gasteiger partial charge in [-0.15, -0.1) is 0 Å². The quantitative estimate of drug-likeness (QED) is 0.660. The lowest BCUT2D eigenvalue weighted by Gasteiger charge is -1.99. The molecule has 0 saturated heterocycles. The van der Waals surface area contributed by atoms with Gasteiger partial charge in [-0.05, 0) is 6.92 Å². The van der Waals surface area contributed by atoms with Gasteiger partial charge in [0.1, 0.15) is 11.5 Å². The maximum atomic E-state index is 11.7. The number of aromatic amines is 1. The van der Waals surface area contributed by atoms with E-state index in [1.807, 2.05) is 6.92 Å². The summed E-state index contributed by atoms with van der Waals surface area (Å²) in [5.74, 6) is 1.09. The normalized spacial score (nSPS) is 11.0. The summed E-state index contributed by atoms with van der Waals surface area (Å²) in [5, 5.41) is 6.67. The SMILES string of the molecule is CCc1n[nH]c2nc(C)c(N)c(=O)n12. The van der Waals surface area contributed by atoms with Gasteiger partial charge in [0.15, 0.2) is 0 Å². The summed E-state index contributed by atoms with van der Waals surface area (Å²) in [6.45, 7) is 3.61. The van der Waals surface area contributed by atoms with Crippen LogP contribution in [0.4, 0.5) is 5.69 Å². The Morgan fingerprint density at radius 3 is 2.93 bits per heavy atom. The van der Waals surface area contributed by atoms with E-state index in [2.05, 4.69) is 15.2 Å². The third-order valence-corrected chi connectivity index (χ3v) is 2.17. The highest BCUT2D eigenvalue weighted by molar-refractivity contribution is 5.45. The number of nitrogens with two attached hydrogens (primary N) is 1. The summed E-state index contributed by atoms with van der Waals surface area (Å²) in [6, 6.07) is 0. The molecule has 0 spiro atoms. The van der Waals surface area contributed by atoms with Crippen LogP contribution in [0.1, 0.15) is 18.4 Å². The van der Waals surface area contributed by atoms with Crippen molar-refractivity contribution in [2.75, 3.05) is 5.73 Å². The fraction of sp³-hybridized carbons (Fsp3) is 0.375. The molecule has 3 N–H and O–H groups in total. The van der Waals surface area contributed by atoms with Crippen molar-refractivity contribution in [3.05, 3.63) is 21.9 Å². The minimum atomic E-state index is -0.252. The van der Waals surface area contributed by atoms with Crippen LogP contribution in [0.3, 0.4) is 0 Å². The second-order valence-corrected chi connectivity index (χ2v) is 3.07. The van der Waals surface area contributed by atoms with Crippen LogP contribution in [-0.4, -0.2) is 19.6 Å². The molecule has 14 heavy (non-hydrogen) atoms. The molecule has 0 saturated carbocycles. The van der Waals surface area contributed by atoms with Gasteiger partial charge in [0.25, 0.3) is 5.56 Å². The summed E-state index contributed by atoms with van der Waals surface area (Å²) in [6.07, 6.45) is 0.657. The maximum Gasteiger partial charge on any atom is 0.283 e. The molecule has 0 radical (unpaired) electrons. The molecule has 2 aromatic rings. The molecule has 0 aliphatic carbocycles. The van der Waals surface area contributed by atoms with E-state index in [9.17, 15) is 4.79 Å². The number of aromatic nitrogens is 4. The number of nitrogens with zero attached hydrogens (tertiary/aromatic N) is 3. The summed E-state index contributed by atoms with van der Waals surface area (Å²) >= 11 is 0. The van der Waals surface area contributed by atoms with E-state index in [1.54, 1.807) is 6.92 Å². The molecular weight excluding hydrogens is 182 g/mol. The van der Waals surface area contributed by atoms with Crippen molar-refractivity contribution in [1.82, 2.24) is 19.6 Å². The van der Waals surface area contributed by atoms with E-state index in [-0.39, 0.29) is 11.2 Å². The monoisotopic (exact) mass is 193 g/mol. The fourth-order valence-corrected chi connectivity index (χ4v) is 1.36. The lowest BCUT2D eigenvalue weighted by Crippen LogP contribution is -2.21. The number of anilines is 1. The number of nitrogen functional groups attached to an aromatic ring is 1. The van der Waals surface area contributed by atoms with Crippen molar-refractivity contribution in [2.45, 2.75) is 20.3 Å². The van der Waals surface area contributed by atoms with Crippen LogP contribution in [0.5, 0.6) is 0 Å². The molecule has 2 aromatic heterocycles. The predicted octanol–water partition coefficient (Wildman–Crippen LogP) is -0.129. The van der Waals surface area contributed by atoms with Crippen LogP contribution >= 0.6 is 0 Å². The van der Waals surface area contributed by atoms with Crippen molar-refractivity contribution in [3.8, 4) is 0 Å². The van der Waals surface area contributed by atoms with Crippen molar-refractivity contribution < 1.29 is 0 Å². The molecule has 6 nitrogen and oxygen atoms in total. The maximum absolute atomic E-state index is 11.7. The molecule has 0 amide bonds. The molecule has 0 aromatic carbocycles. The van der Waals surface area contributed by atoms with Gasteiger partial charge in [-0.2, -0.15) is 5.10 Å². The first-order chi connectivity index (χ1) is 6.65. The Hall–Kier alpha value is -1.85. The highest BCUT2D eigenvalue weighted by atomic mass is 16.1. The van der Waals surface area contributed by atoms with E-state index in [4.69, 9.17) is 5.73 Å². The lowest BCUT2D eigenvalue weighted by atomic mass is 10.4. The average Bonchev–Trinajstić information content (AvgIpc) is 2.57. The molecule has 74 valence electrons. The summed E-state index contributed by atoms with van der Waals surface area (Å²) < 4.78 is 1.41. The Balaban J connectivity index is 2.96. The van der Waals surface area contributed by atoms with Gasteiger partial charge in [0.2, 0.25) is 5.78 Å². The fourth-order valence-electron chi connectivity index (χ4n) is 1.36. The van der Waals surface area contributed by atoms with E-state index < -0.39 is 0 Å². The molecule has 0 bridgehead atoms. The van der Waals surface area contributed by atoms with Crippen LogP contribution in [0.15, 0.2) is 4.79 Å². The average molecular weight is 193 g/mol. The molecule has 0 fully saturated rings. The first kappa shape index (κ1) is 8.74. The van der Waals surface area contributed by atoms with Gasteiger partial charge < -0.3 is 5.73 Å². The van der Waals surface area contributed by atoms with E-state index >= 15 is 0 Å². The first-order valence-corrected chi connectivity index (χ1v) is 4.37. The van der Waals surface area contributed by atoms with Crippen LogP contribution in [0.25, 0.3) is 5.78 Å². The molecule has 0 aliphatic heterocycles. The van der Waals surface area contributed by atoms with Crippen LogP contribution in [0.2, 0.25) is 0 Å². The number of hydrogen-bond donors (Lipinski definition) is 2. The van der Waals surface area contributed by atoms with Crippen LogP contribution in [0, 0.1) is 6.92 Å². The van der Waals surface area contributed by atoms with E-state index in [0.717, 1.165) is 0 Å². The van der Waals surface area contributed by atoms with E-state index in [0.29, 0.717) is 23.7 Å². The van der Waals surface area contributed by atoms with Gasteiger partial charge in [-0.3, -0.25) is 4.79 Å². The molecule has 0 atom stereocenters. The van der Waals surface area contributed by atoms with Gasteiger partial charge in [-0.1, -0.05) is 6.92 Å². The molecule has 2 rings (SSSR count). The second-order valence-electron chi connectivity index (χ2n) is 3.07. The van der Waals surface area contributed by atoms with Gasteiger partial charge in [0.05, 0.1) is 5.69 Å². The topological polar surface area (TPSA) is 89.1 Å². The number of hydrogen-bond acceptors (Lipinski definition) is 4. The Labute approximate surface area is 79.8 Å². The zero-order valence-electron chi connectivity index (χ0n) is 8.03. The molecule has 2 heterocycles. The Bertz CT molecular complexity index is 538. The molecule has 0 unspecified atom stereocenters. The molecular formula is C8H11N5O. The van der Waals surface area contributed by atoms with Crippen molar-refractivity contribution in [1.29, 1.82) is 0 Å². The second kappa shape index (κ2) is 2.83. The lowest BCUT2D eigenvalue weighted by molar-refractivity contribution is 0.889. The van der Waals surface area contributed by atoms with Crippen LogP contribution < -0.4 is 11.3 Å². The highest BCUT2D eigenvalue weighted by Gasteiger charge is 2.10. The Morgan fingerprint density at radius 1 is 1.57 bits per heavy atom. The number of rotatable bonds is 1. The molecule has 0 aliphatic rings. The number of fused-ring (bicyclic) bond motifs is 1. The minimum absolute atomic E-state index is 0.179. The predicted molar refractivity (Wildman–Crippen MR) is 52.1 cm³/mol. The molecule has 6 heteroatoms. The minimum Gasteiger partial charge on any atom is -0.393 e. The summed E-state index contributed by atoms with van der Waals surface area (Å²) in [5.41, 5.74) is 6.05. The highest BCUT2D eigenvalue weighted by Crippen LogP contribution is 2.04. The summed E-state index contributed by atoms with van der Waals surface area (Å²) in [7, 11) is 0. The number of aryl methyl sites for hydroxylation is 2. The van der Waals surface area contributed by atoms with Gasteiger partial charge >= 0.3 is 0 Å². The largest absolute Gasteiger partial charge is 0.393 e. The van der Waals surface area contributed by atoms with E-state index in [1.165, 1.54) is 4.40 Å². The number of H-pyrrole nitrogens is 1. The third-order valence-electron chi connectivity index (χ3n) is 2.17. The van der Waals surface area contributed by atoms with Crippen molar-refractivity contribution in [2.24, 2.45) is 0 Å². The third kappa shape index (κ3) is 1.00. The first-order valence-electron chi connectivity index (χ1n) is 4.37. The van der Waals surface area contributed by atoms with Crippen LogP contribution in [-0.2, 0) is 6.42 Å². The van der Waals surface area contributed by atoms with Crippen molar-refractivity contribution >= 4 is 11.5 Å². The Morgan fingerprint density at radius 2 is 2.29 bits per heavy atom. The van der Waals surface area contributed by atoms with Gasteiger partial charge in [0, 0.05) is 6.42 Å². The standard InChI is InChI=1S/C8H11N5O/c1-3-5-11-12-8-10-4(2)6(9)7(14)13(5)8/h3,9H2,1-2H3,(H,10,12). The zero-order chi connectivity index (χ0) is 10.3. The Kier molecular flexibility index (Phi) is 1.77.